The molecule has 1 aliphatic heterocycles. The second-order valence-corrected chi connectivity index (χ2v) is 5.84. The quantitative estimate of drug-likeness (QED) is 0.871. The van der Waals surface area contributed by atoms with Gasteiger partial charge in [-0.2, -0.15) is 0 Å². The van der Waals surface area contributed by atoms with Gasteiger partial charge < -0.3 is 14.2 Å². The van der Waals surface area contributed by atoms with Crippen molar-refractivity contribution in [1.29, 1.82) is 0 Å². The fraction of sp³-hybridized carbons (Fsp3) is 0.471. The lowest BCUT2D eigenvalue weighted by atomic mass is 10.1. The Morgan fingerprint density at radius 2 is 1.87 bits per heavy atom. The number of oxazole rings is 1. The molecule has 122 valence electrons. The molecule has 2 amide bonds. The molecule has 1 aromatic carbocycles. The molecular formula is C17H21N3O3. The Hall–Kier alpha value is -2.37. The first-order valence-electron chi connectivity index (χ1n) is 8.02. The van der Waals surface area contributed by atoms with Crippen LogP contribution in [0, 0.1) is 6.92 Å². The SMILES string of the molecule is CCCC(=O)N1CCN(C(=O)c2ccc3oc(C)nc3c2)CC1. The van der Waals surface area contributed by atoms with Gasteiger partial charge in [-0.1, -0.05) is 6.92 Å². The zero-order valence-corrected chi connectivity index (χ0v) is 13.5. The van der Waals surface area contributed by atoms with Gasteiger partial charge in [0.1, 0.15) is 5.52 Å². The maximum atomic E-state index is 12.6. The molecule has 0 aliphatic carbocycles. The van der Waals surface area contributed by atoms with Gasteiger partial charge >= 0.3 is 0 Å². The number of benzene rings is 1. The first-order valence-corrected chi connectivity index (χ1v) is 8.02. The van der Waals surface area contributed by atoms with Crippen LogP contribution in [-0.2, 0) is 4.79 Å². The lowest BCUT2D eigenvalue weighted by Crippen LogP contribution is -2.50. The summed E-state index contributed by atoms with van der Waals surface area (Å²) in [6, 6.07) is 5.32. The standard InChI is InChI=1S/C17H21N3O3/c1-3-4-16(21)19-7-9-20(10-8-19)17(22)13-5-6-15-14(11-13)18-12(2)23-15/h5-6,11H,3-4,7-10H2,1-2H3. The second-order valence-electron chi connectivity index (χ2n) is 5.84. The molecule has 0 radical (unpaired) electrons. The maximum Gasteiger partial charge on any atom is 0.254 e. The van der Waals surface area contributed by atoms with Crippen LogP contribution in [0.15, 0.2) is 22.6 Å². The number of hydrogen-bond donors (Lipinski definition) is 0. The molecule has 6 nitrogen and oxygen atoms in total. The van der Waals surface area contributed by atoms with Gasteiger partial charge in [-0.3, -0.25) is 9.59 Å². The van der Waals surface area contributed by atoms with Crippen LogP contribution < -0.4 is 0 Å². The molecule has 0 spiro atoms. The molecule has 6 heteroatoms. The molecule has 0 unspecified atom stereocenters. The average molecular weight is 315 g/mol. The molecule has 0 atom stereocenters. The van der Waals surface area contributed by atoms with Gasteiger partial charge in [-0.15, -0.1) is 0 Å². The first kappa shape index (κ1) is 15.5. The van der Waals surface area contributed by atoms with Gasteiger partial charge in [0.05, 0.1) is 0 Å². The van der Waals surface area contributed by atoms with Crippen LogP contribution >= 0.6 is 0 Å². The monoisotopic (exact) mass is 315 g/mol. The molecule has 3 rings (SSSR count). The highest BCUT2D eigenvalue weighted by atomic mass is 16.3. The fourth-order valence-corrected chi connectivity index (χ4v) is 2.89. The zero-order chi connectivity index (χ0) is 16.4. The number of carbonyl (C=O) groups excluding carboxylic acids is 2. The van der Waals surface area contributed by atoms with E-state index in [1.54, 1.807) is 30.0 Å². The van der Waals surface area contributed by atoms with E-state index in [1.165, 1.54) is 0 Å². The van der Waals surface area contributed by atoms with Crippen molar-refractivity contribution < 1.29 is 14.0 Å². The van der Waals surface area contributed by atoms with Crippen molar-refractivity contribution >= 4 is 22.9 Å². The summed E-state index contributed by atoms with van der Waals surface area (Å²) in [7, 11) is 0. The minimum absolute atomic E-state index is 0.0184. The van der Waals surface area contributed by atoms with E-state index in [0.29, 0.717) is 55.2 Å². The molecule has 0 N–H and O–H groups in total. The van der Waals surface area contributed by atoms with Gasteiger partial charge in [0, 0.05) is 45.1 Å². The molecule has 2 aromatic rings. The Kier molecular flexibility index (Phi) is 4.32. The minimum Gasteiger partial charge on any atom is -0.441 e. The number of aryl methyl sites for hydroxylation is 1. The largest absolute Gasteiger partial charge is 0.441 e. The predicted octanol–water partition coefficient (Wildman–Crippen LogP) is 2.22. The number of nitrogens with zero attached hydrogens (tertiary/aromatic N) is 3. The van der Waals surface area contributed by atoms with Crippen molar-refractivity contribution in [3.8, 4) is 0 Å². The lowest BCUT2D eigenvalue weighted by molar-refractivity contribution is -0.132. The summed E-state index contributed by atoms with van der Waals surface area (Å²) in [6.07, 6.45) is 1.44. The van der Waals surface area contributed by atoms with Crippen molar-refractivity contribution in [1.82, 2.24) is 14.8 Å². The third kappa shape index (κ3) is 3.21. The normalized spacial score (nSPS) is 15.2. The Morgan fingerprint density at radius 3 is 2.57 bits per heavy atom. The van der Waals surface area contributed by atoms with Crippen molar-refractivity contribution in [2.45, 2.75) is 26.7 Å². The summed E-state index contributed by atoms with van der Waals surface area (Å²) in [5.41, 5.74) is 2.00. The van der Waals surface area contributed by atoms with Gasteiger partial charge in [-0.05, 0) is 24.6 Å². The van der Waals surface area contributed by atoms with E-state index in [9.17, 15) is 9.59 Å². The maximum absolute atomic E-state index is 12.6. The van der Waals surface area contributed by atoms with E-state index in [2.05, 4.69) is 4.98 Å². The van der Waals surface area contributed by atoms with Gasteiger partial charge in [0.25, 0.3) is 5.91 Å². The topological polar surface area (TPSA) is 66.7 Å². The lowest BCUT2D eigenvalue weighted by Gasteiger charge is -2.34. The van der Waals surface area contributed by atoms with E-state index in [4.69, 9.17) is 4.42 Å². The van der Waals surface area contributed by atoms with Crippen LogP contribution in [-0.4, -0.2) is 52.8 Å². The number of amides is 2. The van der Waals surface area contributed by atoms with Gasteiger partial charge in [0.2, 0.25) is 5.91 Å². The van der Waals surface area contributed by atoms with E-state index in [-0.39, 0.29) is 11.8 Å². The van der Waals surface area contributed by atoms with Gasteiger partial charge in [-0.25, -0.2) is 4.98 Å². The van der Waals surface area contributed by atoms with Crippen LogP contribution in [0.25, 0.3) is 11.1 Å². The Labute approximate surface area is 135 Å². The second kappa shape index (κ2) is 6.40. The average Bonchev–Trinajstić information content (AvgIpc) is 2.93. The van der Waals surface area contributed by atoms with E-state index >= 15 is 0 Å². The van der Waals surface area contributed by atoms with Crippen LogP contribution in [0.3, 0.4) is 0 Å². The summed E-state index contributed by atoms with van der Waals surface area (Å²) < 4.78 is 5.43. The van der Waals surface area contributed by atoms with Crippen LogP contribution in [0.5, 0.6) is 0 Å². The summed E-state index contributed by atoms with van der Waals surface area (Å²) >= 11 is 0. The Bertz CT molecular complexity index is 730. The number of piperazine rings is 1. The number of aromatic nitrogens is 1. The van der Waals surface area contributed by atoms with E-state index in [1.807, 2.05) is 11.8 Å². The highest BCUT2D eigenvalue weighted by Gasteiger charge is 2.24. The molecule has 23 heavy (non-hydrogen) atoms. The molecule has 2 heterocycles. The van der Waals surface area contributed by atoms with E-state index < -0.39 is 0 Å². The number of fused-ring (bicyclic) bond motifs is 1. The third-order valence-corrected chi connectivity index (χ3v) is 4.12. The van der Waals surface area contributed by atoms with E-state index in [0.717, 1.165) is 6.42 Å². The zero-order valence-electron chi connectivity index (χ0n) is 13.5. The van der Waals surface area contributed by atoms with Crippen molar-refractivity contribution in [2.24, 2.45) is 0 Å². The summed E-state index contributed by atoms with van der Waals surface area (Å²) in [5.74, 6) is 0.752. The highest BCUT2D eigenvalue weighted by molar-refractivity contribution is 5.97. The third-order valence-electron chi connectivity index (χ3n) is 4.12. The Balaban J connectivity index is 1.67. The first-order chi connectivity index (χ1) is 11.1. The van der Waals surface area contributed by atoms with Crippen molar-refractivity contribution in [3.05, 3.63) is 29.7 Å². The van der Waals surface area contributed by atoms with Crippen LogP contribution in [0.4, 0.5) is 0 Å². The molecule has 0 bridgehead atoms. The summed E-state index contributed by atoms with van der Waals surface area (Å²) in [4.78, 5) is 32.4. The summed E-state index contributed by atoms with van der Waals surface area (Å²) in [5, 5.41) is 0. The van der Waals surface area contributed by atoms with Crippen molar-refractivity contribution in [3.63, 3.8) is 0 Å². The Morgan fingerprint density at radius 1 is 1.17 bits per heavy atom. The highest BCUT2D eigenvalue weighted by Crippen LogP contribution is 2.18. The smallest absolute Gasteiger partial charge is 0.254 e. The molecule has 1 aliphatic rings. The number of carbonyl (C=O) groups is 2. The molecule has 1 saturated heterocycles. The number of hydrogen-bond acceptors (Lipinski definition) is 4. The van der Waals surface area contributed by atoms with Gasteiger partial charge in [0.15, 0.2) is 11.5 Å². The van der Waals surface area contributed by atoms with Crippen molar-refractivity contribution in [2.75, 3.05) is 26.2 Å². The molecule has 1 aromatic heterocycles. The molecular weight excluding hydrogens is 294 g/mol. The number of rotatable bonds is 3. The molecule has 1 fully saturated rings. The summed E-state index contributed by atoms with van der Waals surface area (Å²) in [6.45, 7) is 6.15. The van der Waals surface area contributed by atoms with Crippen LogP contribution in [0.1, 0.15) is 36.0 Å². The minimum atomic E-state index is -0.0184. The fourth-order valence-electron chi connectivity index (χ4n) is 2.89. The predicted molar refractivity (Wildman–Crippen MR) is 86.1 cm³/mol. The molecule has 0 saturated carbocycles. The van der Waals surface area contributed by atoms with Crippen LogP contribution in [0.2, 0.25) is 0 Å².